The molecule has 0 heterocycles. The van der Waals surface area contributed by atoms with Crippen molar-refractivity contribution in [2.45, 2.75) is 136 Å². The molecule has 0 N–H and O–H groups in total. The minimum Gasteiger partial charge on any atom is -0.465 e. The van der Waals surface area contributed by atoms with E-state index in [2.05, 4.69) is 30.2 Å². The van der Waals surface area contributed by atoms with Gasteiger partial charge >= 0.3 is 11.9 Å². The largest absolute Gasteiger partial charge is 0.465 e. The minimum absolute atomic E-state index is 0.0917. The summed E-state index contributed by atoms with van der Waals surface area (Å²) in [5.74, 6) is -0.330. The highest BCUT2D eigenvalue weighted by Crippen LogP contribution is 2.45. The van der Waals surface area contributed by atoms with Gasteiger partial charge in [-0.05, 0) is 80.0 Å². The van der Waals surface area contributed by atoms with Gasteiger partial charge in [-0.25, -0.2) is 0 Å². The van der Waals surface area contributed by atoms with Crippen LogP contribution in [-0.2, 0) is 31.9 Å². The minimum atomic E-state index is -0.632. The number of allylic oxidation sites excluding steroid dienone is 2. The molecule has 0 saturated carbocycles. The van der Waals surface area contributed by atoms with Crippen LogP contribution in [0.4, 0.5) is 5.69 Å². The monoisotopic (exact) mass is 687 g/mol. The molecule has 6 heteroatoms. The van der Waals surface area contributed by atoms with E-state index in [1.54, 1.807) is 0 Å². The van der Waals surface area contributed by atoms with Gasteiger partial charge in [-0.3, -0.25) is 14.4 Å². The van der Waals surface area contributed by atoms with Gasteiger partial charge in [0.2, 0.25) is 0 Å². The second-order valence-electron chi connectivity index (χ2n) is 15.8. The van der Waals surface area contributed by atoms with E-state index < -0.39 is 10.8 Å². The summed E-state index contributed by atoms with van der Waals surface area (Å²) >= 11 is 0. The maximum absolute atomic E-state index is 14.2. The van der Waals surface area contributed by atoms with Crippen LogP contribution in [0.5, 0.6) is 0 Å². The molecule has 0 unspecified atom stereocenters. The third kappa shape index (κ3) is 12.4. The Kier molecular flexibility index (Phi) is 16.8. The molecule has 0 atom stereocenters. The Labute approximate surface area is 303 Å². The van der Waals surface area contributed by atoms with E-state index in [-0.39, 0.29) is 30.9 Å². The highest BCUT2D eigenvalue weighted by molar-refractivity contribution is 6.14. The number of carbonyl (C=O) groups excluding carboxylic acids is 3. The first-order chi connectivity index (χ1) is 23.9. The second-order valence-corrected chi connectivity index (χ2v) is 15.8. The maximum atomic E-state index is 14.2. The number of hydrogen-bond donors (Lipinski definition) is 0. The predicted octanol–water partition coefficient (Wildman–Crippen LogP) is 10.9. The number of nitrogens with zero attached hydrogens (tertiary/aromatic N) is 1. The molecule has 3 rings (SSSR count). The van der Waals surface area contributed by atoms with Crippen LogP contribution >= 0.6 is 0 Å². The van der Waals surface area contributed by atoms with Gasteiger partial charge in [-0.2, -0.15) is 0 Å². The first-order valence-electron chi connectivity index (χ1n) is 19.2. The summed E-state index contributed by atoms with van der Waals surface area (Å²) in [5.41, 5.74) is 2.64. The van der Waals surface area contributed by atoms with E-state index in [1.807, 2.05) is 59.2 Å². The van der Waals surface area contributed by atoms with E-state index in [4.69, 9.17) is 9.47 Å². The molecule has 2 aromatic rings. The number of ketones is 1. The smallest absolute Gasteiger partial charge is 0.305 e. The second kappa shape index (κ2) is 20.4. The first-order valence-corrected chi connectivity index (χ1v) is 19.2. The Hall–Kier alpha value is -3.41. The summed E-state index contributed by atoms with van der Waals surface area (Å²) in [4.78, 5) is 42.3. The molecule has 6 nitrogen and oxygen atoms in total. The van der Waals surface area contributed by atoms with Crippen LogP contribution in [-0.4, -0.2) is 45.0 Å². The van der Waals surface area contributed by atoms with Crippen LogP contribution in [0.25, 0.3) is 10.8 Å². The Morgan fingerprint density at radius 3 is 1.72 bits per heavy atom. The summed E-state index contributed by atoms with van der Waals surface area (Å²) in [6.07, 6.45) is 20.8. The lowest BCUT2D eigenvalue weighted by Crippen LogP contribution is -2.35. The third-order valence-electron chi connectivity index (χ3n) is 10.0. The van der Waals surface area contributed by atoms with Crippen molar-refractivity contribution < 1.29 is 23.9 Å². The van der Waals surface area contributed by atoms with Crippen LogP contribution in [0.2, 0.25) is 0 Å². The third-order valence-corrected chi connectivity index (χ3v) is 10.0. The number of unbranched alkanes of at least 4 members (excludes halogenated alkanes) is 12. The van der Waals surface area contributed by atoms with Gasteiger partial charge in [0.1, 0.15) is 13.2 Å². The van der Waals surface area contributed by atoms with Gasteiger partial charge in [-0.1, -0.05) is 96.4 Å². The first kappa shape index (κ1) is 41.0. The number of Topliss-reactive ketones (excluding diaryl/α,β-unsaturated/α-hetero) is 1. The van der Waals surface area contributed by atoms with Crippen LogP contribution in [0.1, 0.15) is 145 Å². The van der Waals surface area contributed by atoms with Crippen LogP contribution < -0.4 is 4.90 Å². The van der Waals surface area contributed by atoms with Crippen LogP contribution in [0.3, 0.4) is 0 Å². The van der Waals surface area contributed by atoms with E-state index in [9.17, 15) is 14.4 Å². The van der Waals surface area contributed by atoms with Crippen molar-refractivity contribution >= 4 is 34.2 Å². The molecular weight excluding hydrogens is 622 g/mol. The van der Waals surface area contributed by atoms with Crippen molar-refractivity contribution in [3.8, 4) is 0 Å². The molecule has 0 spiro atoms. The zero-order valence-corrected chi connectivity index (χ0v) is 32.0. The van der Waals surface area contributed by atoms with Gasteiger partial charge in [0.05, 0.1) is 0 Å². The number of fused-ring (bicyclic) bond motifs is 2. The lowest BCUT2D eigenvalue weighted by atomic mass is 9.80. The average molecular weight is 688 g/mol. The van der Waals surface area contributed by atoms with Gasteiger partial charge in [-0.15, -0.1) is 13.2 Å². The zero-order chi connectivity index (χ0) is 36.6. The lowest BCUT2D eigenvalue weighted by Gasteiger charge is -2.28. The Bertz CT molecular complexity index is 1390. The number of anilines is 1. The molecule has 0 bridgehead atoms. The fraction of sp³-hybridized carbons (Fsp3) is 0.614. The molecule has 276 valence electrons. The van der Waals surface area contributed by atoms with Gasteiger partial charge < -0.3 is 14.4 Å². The topological polar surface area (TPSA) is 72.9 Å². The summed E-state index contributed by atoms with van der Waals surface area (Å²) < 4.78 is 12.0. The number of rotatable bonds is 24. The molecule has 0 amide bonds. The quantitative estimate of drug-likeness (QED) is 0.0473. The SMILES string of the molecule is C=CCCCCCCCCC(=O)OCC1(COC(=O)CCCCCCCCC=C)Cc2cc3c(N(C)C)cccc3c(C(=O)C(C)(C)C)c2C1. The number of ether oxygens (including phenoxy) is 2. The average Bonchev–Trinajstić information content (AvgIpc) is 3.45. The molecule has 2 aromatic carbocycles. The zero-order valence-electron chi connectivity index (χ0n) is 32.0. The number of benzene rings is 2. The van der Waals surface area contributed by atoms with Crippen molar-refractivity contribution in [1.29, 1.82) is 0 Å². The van der Waals surface area contributed by atoms with Crippen molar-refractivity contribution in [3.05, 3.63) is 66.3 Å². The molecule has 0 aliphatic heterocycles. The Morgan fingerprint density at radius 2 is 1.24 bits per heavy atom. The van der Waals surface area contributed by atoms with E-state index in [1.165, 1.54) is 38.5 Å². The van der Waals surface area contributed by atoms with Crippen molar-refractivity contribution in [1.82, 2.24) is 0 Å². The van der Waals surface area contributed by atoms with Gasteiger partial charge in [0, 0.05) is 54.4 Å². The van der Waals surface area contributed by atoms with Crippen molar-refractivity contribution in [3.63, 3.8) is 0 Å². The summed E-state index contributed by atoms with van der Waals surface area (Å²) in [7, 11) is 4.03. The molecule has 0 radical (unpaired) electrons. The van der Waals surface area contributed by atoms with Gasteiger partial charge in [0.25, 0.3) is 0 Å². The molecule has 0 saturated heterocycles. The Balaban J connectivity index is 1.77. The summed E-state index contributed by atoms with van der Waals surface area (Å²) in [6.45, 7) is 13.8. The lowest BCUT2D eigenvalue weighted by molar-refractivity contribution is -0.154. The van der Waals surface area contributed by atoms with Crippen molar-refractivity contribution in [2.75, 3.05) is 32.2 Å². The molecule has 50 heavy (non-hydrogen) atoms. The van der Waals surface area contributed by atoms with Crippen LogP contribution in [0.15, 0.2) is 49.6 Å². The van der Waals surface area contributed by atoms with Crippen molar-refractivity contribution in [2.24, 2.45) is 10.8 Å². The molecule has 1 aliphatic carbocycles. The normalized spacial score (nSPS) is 13.5. The molecule has 0 fully saturated rings. The molecule has 0 aromatic heterocycles. The van der Waals surface area contributed by atoms with Gasteiger partial charge in [0.15, 0.2) is 5.78 Å². The summed E-state index contributed by atoms with van der Waals surface area (Å²) in [6, 6.07) is 8.34. The highest BCUT2D eigenvalue weighted by atomic mass is 16.5. The highest BCUT2D eigenvalue weighted by Gasteiger charge is 2.43. The molecular formula is C44H65NO5. The Morgan fingerprint density at radius 1 is 0.740 bits per heavy atom. The van der Waals surface area contributed by atoms with E-state index >= 15 is 0 Å². The van der Waals surface area contributed by atoms with E-state index in [0.717, 1.165) is 84.5 Å². The number of hydrogen-bond acceptors (Lipinski definition) is 6. The fourth-order valence-corrected chi connectivity index (χ4v) is 7.12. The summed E-state index contributed by atoms with van der Waals surface area (Å²) in [5, 5.41) is 1.97. The number of carbonyl (C=O) groups is 3. The number of esters is 2. The molecule has 1 aliphatic rings. The predicted molar refractivity (Wildman–Crippen MR) is 208 cm³/mol. The van der Waals surface area contributed by atoms with E-state index in [0.29, 0.717) is 25.7 Å². The van der Waals surface area contributed by atoms with Crippen LogP contribution in [0, 0.1) is 10.8 Å². The standard InChI is InChI=1S/C44H65NO5/c1-8-10-12-14-16-18-20-22-27-39(46)49-32-44(33-50-40(47)28-23-21-19-17-15-13-11-9-2)30-34-29-36-35(25-24-26-38(36)45(6)7)41(37(34)31-44)42(48)43(3,4)5/h8-9,24-26,29H,1-2,10-23,27-28,30-33H2,3-7H3. The fourth-order valence-electron chi connectivity index (χ4n) is 7.12. The maximum Gasteiger partial charge on any atom is 0.305 e.